The molecule has 1 fully saturated rings. The summed E-state index contributed by atoms with van der Waals surface area (Å²) in [5.74, 6) is 0.665. The summed E-state index contributed by atoms with van der Waals surface area (Å²) in [7, 11) is 3.21. The number of ether oxygens (including phenoxy) is 3. The van der Waals surface area contributed by atoms with Crippen LogP contribution in [0.1, 0.15) is 34.8 Å². The molecule has 0 aliphatic carbocycles. The lowest BCUT2D eigenvalue weighted by Crippen LogP contribution is -2.34. The van der Waals surface area contributed by atoms with Crippen LogP contribution < -0.4 is 9.47 Å². The number of esters is 1. The first-order valence-electron chi connectivity index (χ1n) is 9.87. The van der Waals surface area contributed by atoms with Gasteiger partial charge >= 0.3 is 5.97 Å². The zero-order valence-corrected chi connectivity index (χ0v) is 17.0. The van der Waals surface area contributed by atoms with Crippen molar-refractivity contribution in [1.29, 1.82) is 0 Å². The number of H-pyrrole nitrogens is 1. The van der Waals surface area contributed by atoms with Crippen molar-refractivity contribution in [2.75, 3.05) is 27.4 Å². The number of nitrogens with one attached hydrogen (secondary N) is 1. The fraction of sp³-hybridized carbons (Fsp3) is 0.304. The van der Waals surface area contributed by atoms with E-state index in [4.69, 9.17) is 14.2 Å². The molecule has 7 heteroatoms. The van der Waals surface area contributed by atoms with Crippen molar-refractivity contribution in [3.05, 3.63) is 59.8 Å². The lowest BCUT2D eigenvalue weighted by atomic mass is 10.0. The topological polar surface area (TPSA) is 80.9 Å². The van der Waals surface area contributed by atoms with E-state index in [9.17, 15) is 9.59 Å². The summed E-state index contributed by atoms with van der Waals surface area (Å²) >= 11 is 0. The van der Waals surface area contributed by atoms with Gasteiger partial charge in [0.15, 0.2) is 6.61 Å². The highest BCUT2D eigenvalue weighted by atomic mass is 16.5. The van der Waals surface area contributed by atoms with E-state index in [1.807, 2.05) is 42.5 Å². The molecule has 3 aromatic rings. The number of methoxy groups -OCH3 is 2. The minimum atomic E-state index is -0.518. The molecule has 0 radical (unpaired) electrons. The number of para-hydroxylation sites is 1. The van der Waals surface area contributed by atoms with Crippen LogP contribution in [0.2, 0.25) is 0 Å². The van der Waals surface area contributed by atoms with Crippen LogP contribution in [0.25, 0.3) is 10.9 Å². The van der Waals surface area contributed by atoms with E-state index in [0.29, 0.717) is 23.6 Å². The van der Waals surface area contributed by atoms with Gasteiger partial charge in [0, 0.05) is 29.2 Å². The van der Waals surface area contributed by atoms with Crippen molar-refractivity contribution in [3.8, 4) is 11.5 Å². The maximum Gasteiger partial charge on any atom is 0.340 e. The Morgan fingerprint density at radius 3 is 2.77 bits per heavy atom. The molecule has 1 atom stereocenters. The number of carbonyl (C=O) groups excluding carboxylic acids is 2. The number of aromatic amines is 1. The molecular weight excluding hydrogens is 384 g/mol. The molecule has 1 aliphatic heterocycles. The number of aromatic nitrogens is 1. The Balaban J connectivity index is 1.47. The largest absolute Gasteiger partial charge is 0.497 e. The van der Waals surface area contributed by atoms with E-state index in [-0.39, 0.29) is 18.6 Å². The summed E-state index contributed by atoms with van der Waals surface area (Å²) in [6.07, 6.45) is 3.29. The van der Waals surface area contributed by atoms with Gasteiger partial charge in [0.2, 0.25) is 0 Å². The Morgan fingerprint density at radius 1 is 1.13 bits per heavy atom. The van der Waals surface area contributed by atoms with Crippen molar-refractivity contribution in [3.63, 3.8) is 0 Å². The number of amides is 1. The van der Waals surface area contributed by atoms with Gasteiger partial charge < -0.3 is 24.1 Å². The van der Waals surface area contributed by atoms with E-state index < -0.39 is 5.97 Å². The first-order chi connectivity index (χ1) is 14.6. The normalized spacial score (nSPS) is 15.9. The van der Waals surface area contributed by atoms with Gasteiger partial charge in [0.05, 0.1) is 25.8 Å². The average Bonchev–Trinajstić information content (AvgIpc) is 3.44. The van der Waals surface area contributed by atoms with Gasteiger partial charge in [-0.2, -0.15) is 0 Å². The molecule has 2 aromatic carbocycles. The third-order valence-corrected chi connectivity index (χ3v) is 5.50. The molecule has 0 bridgehead atoms. The number of carbonyl (C=O) groups is 2. The maximum atomic E-state index is 12.9. The predicted molar refractivity (Wildman–Crippen MR) is 112 cm³/mol. The molecular formula is C23H24N2O5. The molecule has 30 heavy (non-hydrogen) atoms. The Labute approximate surface area is 174 Å². The number of likely N-dealkylation sites (tertiary alicyclic amines) is 1. The molecule has 1 saturated heterocycles. The van der Waals surface area contributed by atoms with E-state index >= 15 is 0 Å². The van der Waals surface area contributed by atoms with Gasteiger partial charge in [0.1, 0.15) is 11.5 Å². The molecule has 7 nitrogen and oxygen atoms in total. The summed E-state index contributed by atoms with van der Waals surface area (Å²) < 4.78 is 16.2. The van der Waals surface area contributed by atoms with Crippen LogP contribution >= 0.6 is 0 Å². The van der Waals surface area contributed by atoms with Crippen LogP contribution in [-0.2, 0) is 9.53 Å². The van der Waals surface area contributed by atoms with Crippen molar-refractivity contribution in [1.82, 2.24) is 9.88 Å². The van der Waals surface area contributed by atoms with Gasteiger partial charge in [-0.05, 0) is 37.1 Å². The van der Waals surface area contributed by atoms with Crippen LogP contribution in [0.15, 0.2) is 48.7 Å². The fourth-order valence-corrected chi connectivity index (χ4v) is 4.02. The van der Waals surface area contributed by atoms with E-state index in [0.717, 1.165) is 29.3 Å². The molecule has 0 saturated carbocycles. The highest BCUT2D eigenvalue weighted by Crippen LogP contribution is 2.39. The van der Waals surface area contributed by atoms with Crippen molar-refractivity contribution in [2.45, 2.75) is 18.9 Å². The number of fused-ring (bicyclic) bond motifs is 1. The van der Waals surface area contributed by atoms with Crippen molar-refractivity contribution < 1.29 is 23.8 Å². The van der Waals surface area contributed by atoms with Gasteiger partial charge in [-0.1, -0.05) is 18.2 Å². The Hall–Kier alpha value is -3.48. The van der Waals surface area contributed by atoms with Gasteiger partial charge in [-0.15, -0.1) is 0 Å². The van der Waals surface area contributed by atoms with Gasteiger partial charge in [0.25, 0.3) is 5.91 Å². The van der Waals surface area contributed by atoms with Crippen molar-refractivity contribution in [2.24, 2.45) is 0 Å². The Kier molecular flexibility index (Phi) is 5.61. The van der Waals surface area contributed by atoms with E-state index in [2.05, 4.69) is 4.98 Å². The third-order valence-electron chi connectivity index (χ3n) is 5.50. The van der Waals surface area contributed by atoms with Crippen LogP contribution in [0, 0.1) is 0 Å². The number of nitrogens with zero attached hydrogens (tertiary/aromatic N) is 1. The molecule has 0 unspecified atom stereocenters. The molecule has 2 heterocycles. The number of rotatable bonds is 6. The molecule has 4 rings (SSSR count). The second-order valence-electron chi connectivity index (χ2n) is 7.18. The molecule has 1 aromatic heterocycles. The van der Waals surface area contributed by atoms with Crippen LogP contribution in [0.3, 0.4) is 0 Å². The molecule has 156 valence electrons. The molecule has 1 amide bonds. The van der Waals surface area contributed by atoms with Gasteiger partial charge in [-0.25, -0.2) is 4.79 Å². The first-order valence-corrected chi connectivity index (χ1v) is 9.87. The first kappa shape index (κ1) is 19.8. The average molecular weight is 408 g/mol. The summed E-state index contributed by atoms with van der Waals surface area (Å²) in [5.41, 5.74) is 2.16. The highest BCUT2D eigenvalue weighted by Gasteiger charge is 2.32. The zero-order chi connectivity index (χ0) is 21.1. The summed E-state index contributed by atoms with van der Waals surface area (Å²) in [6, 6.07) is 12.9. The highest BCUT2D eigenvalue weighted by molar-refractivity contribution is 6.04. The second kappa shape index (κ2) is 8.49. The predicted octanol–water partition coefficient (Wildman–Crippen LogP) is 3.71. The number of hydrogen-bond acceptors (Lipinski definition) is 5. The lowest BCUT2D eigenvalue weighted by molar-refractivity contribution is -0.135. The third kappa shape index (κ3) is 3.70. The van der Waals surface area contributed by atoms with E-state index in [1.165, 1.54) is 0 Å². The monoisotopic (exact) mass is 408 g/mol. The van der Waals surface area contributed by atoms with Crippen molar-refractivity contribution >= 4 is 22.8 Å². The fourth-order valence-electron chi connectivity index (χ4n) is 4.02. The number of hydrogen-bond donors (Lipinski definition) is 1. The smallest absolute Gasteiger partial charge is 0.340 e. The summed E-state index contributed by atoms with van der Waals surface area (Å²) in [5, 5.41) is 0.773. The lowest BCUT2D eigenvalue weighted by Gasteiger charge is -2.26. The van der Waals surface area contributed by atoms with E-state index in [1.54, 1.807) is 25.3 Å². The Morgan fingerprint density at radius 2 is 1.97 bits per heavy atom. The molecule has 1 aliphatic rings. The van der Waals surface area contributed by atoms with Crippen LogP contribution in [0.5, 0.6) is 11.5 Å². The minimum Gasteiger partial charge on any atom is -0.497 e. The maximum absolute atomic E-state index is 12.9. The molecule has 0 spiro atoms. The van der Waals surface area contributed by atoms with Gasteiger partial charge in [-0.3, -0.25) is 4.79 Å². The quantitative estimate of drug-likeness (QED) is 0.629. The Bertz CT molecular complexity index is 1070. The summed E-state index contributed by atoms with van der Waals surface area (Å²) in [6.45, 7) is 0.301. The van der Waals surface area contributed by atoms with Crippen LogP contribution in [0.4, 0.5) is 0 Å². The zero-order valence-electron chi connectivity index (χ0n) is 17.0. The number of benzene rings is 2. The van der Waals surface area contributed by atoms with Crippen LogP contribution in [-0.4, -0.2) is 49.1 Å². The molecule has 1 N–H and O–H groups in total. The summed E-state index contributed by atoms with van der Waals surface area (Å²) in [4.78, 5) is 30.2. The standard InChI is InChI=1S/C23H24N2O5/c1-28-15-9-10-21(29-2)17(12-15)20-8-5-11-25(20)22(26)14-30-23(27)18-13-24-19-7-4-3-6-16(18)19/h3-4,6-7,9-10,12-13,20,24H,5,8,11,14H2,1-2H3/t20-/m0/s1. The second-order valence-corrected chi connectivity index (χ2v) is 7.18. The minimum absolute atomic E-state index is 0.144. The SMILES string of the molecule is COc1ccc(OC)c([C@@H]2CCCN2C(=O)COC(=O)c2c[nH]c3ccccc23)c1.